The third-order valence-corrected chi connectivity index (χ3v) is 6.12. The molecule has 29 heavy (non-hydrogen) atoms. The standard InChI is InChI=1S/C22H28N2O4S/c1-16-13-24(14-17(2)28-16)15-20-7-5-4-6-19(20)12-23-22(25)18-8-10-21(11-9-18)29(3,26)27/h4-11,16-17H,12-15H2,1-3H3,(H,23,25). The van der Waals surface area contributed by atoms with Gasteiger partial charge in [-0.05, 0) is 49.2 Å². The number of rotatable bonds is 6. The van der Waals surface area contributed by atoms with Gasteiger partial charge in [0, 0.05) is 38.0 Å². The molecule has 0 aliphatic carbocycles. The molecule has 1 amide bonds. The Balaban J connectivity index is 1.64. The van der Waals surface area contributed by atoms with Crippen LogP contribution in [0.3, 0.4) is 0 Å². The number of ether oxygens (including phenoxy) is 1. The highest BCUT2D eigenvalue weighted by atomic mass is 32.2. The quantitative estimate of drug-likeness (QED) is 0.784. The number of nitrogens with zero attached hydrogens (tertiary/aromatic N) is 1. The van der Waals surface area contributed by atoms with E-state index in [1.807, 2.05) is 18.2 Å². The van der Waals surface area contributed by atoms with Crippen LogP contribution in [0.25, 0.3) is 0 Å². The van der Waals surface area contributed by atoms with Gasteiger partial charge in [0.15, 0.2) is 9.84 Å². The van der Waals surface area contributed by atoms with E-state index in [0.717, 1.165) is 31.5 Å². The minimum absolute atomic E-state index is 0.202. The fraction of sp³-hybridized carbons (Fsp3) is 0.409. The number of nitrogens with one attached hydrogen (secondary N) is 1. The Kier molecular flexibility index (Phi) is 6.72. The summed E-state index contributed by atoms with van der Waals surface area (Å²) in [6.07, 6.45) is 1.57. The summed E-state index contributed by atoms with van der Waals surface area (Å²) in [5.74, 6) is -0.228. The molecule has 2 aromatic rings. The van der Waals surface area contributed by atoms with Crippen LogP contribution in [0.15, 0.2) is 53.4 Å². The summed E-state index contributed by atoms with van der Waals surface area (Å²) in [5, 5.41) is 2.94. The number of carbonyl (C=O) groups is 1. The van der Waals surface area contributed by atoms with Crippen LogP contribution in [0.5, 0.6) is 0 Å². The summed E-state index contributed by atoms with van der Waals surface area (Å²) in [6, 6.07) is 14.1. The van der Waals surface area contributed by atoms with Gasteiger partial charge in [0.05, 0.1) is 17.1 Å². The first-order valence-electron chi connectivity index (χ1n) is 9.75. The predicted octanol–water partition coefficient (Wildman–Crippen LogP) is 2.63. The Morgan fingerprint density at radius 1 is 1.03 bits per heavy atom. The normalized spacial score (nSPS) is 20.4. The zero-order chi connectivity index (χ0) is 21.0. The lowest BCUT2D eigenvalue weighted by Crippen LogP contribution is -2.45. The van der Waals surface area contributed by atoms with Gasteiger partial charge < -0.3 is 10.1 Å². The van der Waals surface area contributed by atoms with E-state index in [0.29, 0.717) is 12.1 Å². The van der Waals surface area contributed by atoms with Crippen molar-refractivity contribution in [1.29, 1.82) is 0 Å². The van der Waals surface area contributed by atoms with E-state index in [-0.39, 0.29) is 23.0 Å². The molecule has 0 bridgehead atoms. The van der Waals surface area contributed by atoms with E-state index >= 15 is 0 Å². The number of hydrogen-bond acceptors (Lipinski definition) is 5. The van der Waals surface area contributed by atoms with Crippen LogP contribution in [0.4, 0.5) is 0 Å². The van der Waals surface area contributed by atoms with Crippen molar-refractivity contribution in [2.75, 3.05) is 19.3 Å². The molecule has 1 fully saturated rings. The van der Waals surface area contributed by atoms with Crippen molar-refractivity contribution in [3.8, 4) is 0 Å². The van der Waals surface area contributed by atoms with Crippen LogP contribution in [0.1, 0.15) is 35.3 Å². The summed E-state index contributed by atoms with van der Waals surface area (Å²) in [7, 11) is -3.27. The smallest absolute Gasteiger partial charge is 0.251 e. The van der Waals surface area contributed by atoms with Crippen molar-refractivity contribution in [1.82, 2.24) is 10.2 Å². The topological polar surface area (TPSA) is 75.7 Å². The number of benzene rings is 2. The highest BCUT2D eigenvalue weighted by Gasteiger charge is 2.22. The van der Waals surface area contributed by atoms with E-state index in [1.54, 1.807) is 0 Å². The maximum absolute atomic E-state index is 12.5. The zero-order valence-corrected chi connectivity index (χ0v) is 17.9. The van der Waals surface area contributed by atoms with Gasteiger partial charge in [0.2, 0.25) is 0 Å². The molecule has 2 atom stereocenters. The largest absolute Gasteiger partial charge is 0.373 e. The second-order valence-corrected chi connectivity index (χ2v) is 9.72. The molecule has 0 spiro atoms. The lowest BCUT2D eigenvalue weighted by Gasteiger charge is -2.35. The van der Waals surface area contributed by atoms with Crippen LogP contribution in [-0.4, -0.2) is 50.8 Å². The number of hydrogen-bond donors (Lipinski definition) is 1. The molecule has 7 heteroatoms. The Bertz CT molecular complexity index is 947. The summed E-state index contributed by atoms with van der Waals surface area (Å²) in [6.45, 7) is 7.18. The fourth-order valence-corrected chi connectivity index (χ4v) is 4.30. The predicted molar refractivity (Wildman–Crippen MR) is 112 cm³/mol. The summed E-state index contributed by atoms with van der Waals surface area (Å²) < 4.78 is 28.9. The van der Waals surface area contributed by atoms with Crippen molar-refractivity contribution in [2.45, 2.75) is 44.0 Å². The van der Waals surface area contributed by atoms with Crippen molar-refractivity contribution in [3.05, 3.63) is 65.2 Å². The molecule has 0 radical (unpaired) electrons. The van der Waals surface area contributed by atoms with Crippen molar-refractivity contribution >= 4 is 15.7 Å². The molecule has 156 valence electrons. The number of sulfone groups is 1. The SMILES string of the molecule is CC1CN(Cc2ccccc2CNC(=O)c2ccc(S(C)(=O)=O)cc2)CC(C)O1. The molecule has 1 heterocycles. The summed E-state index contributed by atoms with van der Waals surface area (Å²) >= 11 is 0. The molecule has 3 rings (SSSR count). The monoisotopic (exact) mass is 416 g/mol. The molecule has 1 N–H and O–H groups in total. The number of amides is 1. The molecular weight excluding hydrogens is 388 g/mol. The molecule has 2 unspecified atom stereocenters. The molecule has 0 saturated carbocycles. The molecular formula is C22H28N2O4S. The van der Waals surface area contributed by atoms with Gasteiger partial charge in [0.1, 0.15) is 0 Å². The second-order valence-electron chi connectivity index (χ2n) is 7.70. The average Bonchev–Trinajstić information content (AvgIpc) is 2.65. The highest BCUT2D eigenvalue weighted by Crippen LogP contribution is 2.17. The molecule has 1 aliphatic rings. The lowest BCUT2D eigenvalue weighted by molar-refractivity contribution is -0.0705. The highest BCUT2D eigenvalue weighted by molar-refractivity contribution is 7.90. The minimum Gasteiger partial charge on any atom is -0.373 e. The summed E-state index contributed by atoms with van der Waals surface area (Å²) in [4.78, 5) is 15.1. The third-order valence-electron chi connectivity index (χ3n) is 4.99. The number of morpholine rings is 1. The van der Waals surface area contributed by atoms with Crippen molar-refractivity contribution in [2.24, 2.45) is 0 Å². The Morgan fingerprint density at radius 3 is 2.21 bits per heavy atom. The molecule has 1 saturated heterocycles. The Morgan fingerprint density at radius 2 is 1.62 bits per heavy atom. The second kappa shape index (κ2) is 9.07. The van der Waals surface area contributed by atoms with Crippen LogP contribution in [0.2, 0.25) is 0 Å². The average molecular weight is 417 g/mol. The minimum atomic E-state index is -3.27. The van der Waals surface area contributed by atoms with Gasteiger partial charge in [0.25, 0.3) is 5.91 Å². The van der Waals surface area contributed by atoms with Crippen molar-refractivity contribution < 1.29 is 17.9 Å². The van der Waals surface area contributed by atoms with E-state index in [2.05, 4.69) is 30.1 Å². The van der Waals surface area contributed by atoms with Gasteiger partial charge in [-0.3, -0.25) is 9.69 Å². The molecule has 1 aliphatic heterocycles. The fourth-order valence-electron chi connectivity index (χ4n) is 3.67. The van der Waals surface area contributed by atoms with Gasteiger partial charge in [-0.25, -0.2) is 8.42 Å². The number of carbonyl (C=O) groups excluding carboxylic acids is 1. The van der Waals surface area contributed by atoms with Crippen LogP contribution >= 0.6 is 0 Å². The molecule has 6 nitrogen and oxygen atoms in total. The van der Waals surface area contributed by atoms with Gasteiger partial charge in [-0.15, -0.1) is 0 Å². The Labute approximate surface area is 172 Å². The van der Waals surface area contributed by atoms with E-state index in [1.165, 1.54) is 29.8 Å². The third kappa shape index (κ3) is 5.88. The maximum atomic E-state index is 12.5. The van der Waals surface area contributed by atoms with E-state index in [4.69, 9.17) is 4.74 Å². The Hall–Kier alpha value is -2.22. The first-order chi connectivity index (χ1) is 13.7. The molecule has 0 aromatic heterocycles. The van der Waals surface area contributed by atoms with E-state index in [9.17, 15) is 13.2 Å². The van der Waals surface area contributed by atoms with Gasteiger partial charge in [-0.1, -0.05) is 24.3 Å². The first kappa shape index (κ1) is 21.5. The zero-order valence-electron chi connectivity index (χ0n) is 17.1. The lowest BCUT2D eigenvalue weighted by atomic mass is 10.1. The van der Waals surface area contributed by atoms with Gasteiger partial charge >= 0.3 is 0 Å². The first-order valence-corrected chi connectivity index (χ1v) is 11.6. The van der Waals surface area contributed by atoms with Gasteiger partial charge in [-0.2, -0.15) is 0 Å². The van der Waals surface area contributed by atoms with Crippen LogP contribution in [0, 0.1) is 0 Å². The summed E-state index contributed by atoms with van der Waals surface area (Å²) in [5.41, 5.74) is 2.69. The maximum Gasteiger partial charge on any atom is 0.251 e. The van der Waals surface area contributed by atoms with Crippen molar-refractivity contribution in [3.63, 3.8) is 0 Å². The van der Waals surface area contributed by atoms with E-state index < -0.39 is 9.84 Å². The van der Waals surface area contributed by atoms with Crippen LogP contribution < -0.4 is 5.32 Å². The van der Waals surface area contributed by atoms with Crippen LogP contribution in [-0.2, 0) is 27.7 Å². The molecule has 2 aromatic carbocycles.